The molecule has 0 aromatic heterocycles. The fraction of sp³-hybridized carbons (Fsp3) is 0.125. The van der Waals surface area contributed by atoms with Crippen molar-refractivity contribution in [2.75, 3.05) is 9.62 Å². The van der Waals surface area contributed by atoms with E-state index in [1.807, 2.05) is 44.2 Å². The standard InChI is InChI=1S/C24H21ClN2O3S/c1-16-7-10-18(11-8-16)15-27-22-6-4-3-5-20(22)24(28)23(31(27,29)30)14-26-19-12-9-17(2)21(25)13-19/h3-14,26H,15H2,1-2H3/b23-14+. The molecule has 7 heteroatoms. The predicted molar refractivity (Wildman–Crippen MR) is 125 cm³/mol. The monoisotopic (exact) mass is 452 g/mol. The Balaban J connectivity index is 1.76. The zero-order chi connectivity index (χ0) is 22.2. The van der Waals surface area contributed by atoms with Crippen LogP contribution in [0.3, 0.4) is 0 Å². The van der Waals surface area contributed by atoms with Gasteiger partial charge >= 0.3 is 0 Å². The topological polar surface area (TPSA) is 66.5 Å². The fourth-order valence-corrected chi connectivity index (χ4v) is 5.09. The molecule has 3 aromatic carbocycles. The average Bonchev–Trinajstić information content (AvgIpc) is 2.75. The Labute approximate surface area is 187 Å². The molecule has 1 N–H and O–H groups in total. The quantitative estimate of drug-likeness (QED) is 0.535. The van der Waals surface area contributed by atoms with Crippen LogP contribution in [0.5, 0.6) is 0 Å². The number of Topliss-reactive ketones (excluding diaryl/α,β-unsaturated/α-hetero) is 1. The molecule has 0 fully saturated rings. The number of carbonyl (C=O) groups excluding carboxylic acids is 1. The van der Waals surface area contributed by atoms with E-state index in [4.69, 9.17) is 11.6 Å². The van der Waals surface area contributed by atoms with Gasteiger partial charge < -0.3 is 5.32 Å². The molecule has 0 radical (unpaired) electrons. The number of nitrogens with one attached hydrogen (secondary N) is 1. The van der Waals surface area contributed by atoms with Crippen molar-refractivity contribution in [3.05, 3.63) is 105 Å². The maximum absolute atomic E-state index is 13.5. The van der Waals surface area contributed by atoms with Crippen LogP contribution >= 0.6 is 11.6 Å². The lowest BCUT2D eigenvalue weighted by Crippen LogP contribution is -2.39. The minimum atomic E-state index is -4.07. The van der Waals surface area contributed by atoms with Crippen LogP contribution in [0.2, 0.25) is 5.02 Å². The van der Waals surface area contributed by atoms with Crippen molar-refractivity contribution in [1.29, 1.82) is 0 Å². The van der Waals surface area contributed by atoms with Gasteiger partial charge in [-0.2, -0.15) is 0 Å². The SMILES string of the molecule is Cc1ccc(CN2c3ccccc3C(=O)/C(=C\Nc3ccc(C)c(Cl)c3)S2(=O)=O)cc1. The van der Waals surface area contributed by atoms with Crippen molar-refractivity contribution >= 4 is 38.8 Å². The highest BCUT2D eigenvalue weighted by atomic mass is 35.5. The van der Waals surface area contributed by atoms with E-state index in [1.54, 1.807) is 36.4 Å². The van der Waals surface area contributed by atoms with E-state index < -0.39 is 15.8 Å². The lowest BCUT2D eigenvalue weighted by molar-refractivity contribution is 0.104. The molecule has 0 amide bonds. The van der Waals surface area contributed by atoms with Crippen molar-refractivity contribution in [2.45, 2.75) is 20.4 Å². The number of rotatable bonds is 4. The second kappa shape index (κ2) is 8.21. The molecule has 4 rings (SSSR count). The van der Waals surface area contributed by atoms with Crippen LogP contribution < -0.4 is 9.62 Å². The number of benzene rings is 3. The van der Waals surface area contributed by atoms with Gasteiger partial charge in [0.2, 0.25) is 5.78 Å². The molecule has 0 unspecified atom stereocenters. The largest absolute Gasteiger partial charge is 0.360 e. The number of anilines is 2. The number of halogens is 1. The van der Waals surface area contributed by atoms with Crippen molar-refractivity contribution in [2.24, 2.45) is 0 Å². The summed E-state index contributed by atoms with van der Waals surface area (Å²) in [5.41, 5.74) is 4.14. The Bertz CT molecular complexity index is 1300. The van der Waals surface area contributed by atoms with E-state index in [2.05, 4.69) is 5.32 Å². The number of carbonyl (C=O) groups is 1. The molecule has 0 bridgehead atoms. The van der Waals surface area contributed by atoms with Crippen LogP contribution in [0.15, 0.2) is 77.8 Å². The number of para-hydroxylation sites is 1. The van der Waals surface area contributed by atoms with Crippen LogP contribution in [0.4, 0.5) is 11.4 Å². The number of hydrogen-bond donors (Lipinski definition) is 1. The number of fused-ring (bicyclic) bond motifs is 1. The summed E-state index contributed by atoms with van der Waals surface area (Å²) in [5.74, 6) is -0.540. The summed E-state index contributed by atoms with van der Waals surface area (Å²) < 4.78 is 28.2. The van der Waals surface area contributed by atoms with Crippen molar-refractivity contribution in [3.63, 3.8) is 0 Å². The molecule has 1 heterocycles. The number of ketones is 1. The molecule has 1 aliphatic rings. The first kappa shape index (κ1) is 21.2. The van der Waals surface area contributed by atoms with Crippen LogP contribution in [0.25, 0.3) is 0 Å². The molecule has 3 aromatic rings. The first-order chi connectivity index (χ1) is 14.8. The highest BCUT2D eigenvalue weighted by molar-refractivity contribution is 7.97. The second-order valence-electron chi connectivity index (χ2n) is 7.46. The van der Waals surface area contributed by atoms with E-state index in [0.717, 1.165) is 16.7 Å². The number of aryl methyl sites for hydroxylation is 2. The normalized spacial score (nSPS) is 16.3. The maximum Gasteiger partial charge on any atom is 0.270 e. The summed E-state index contributed by atoms with van der Waals surface area (Å²) in [7, 11) is -4.07. The summed E-state index contributed by atoms with van der Waals surface area (Å²) in [5, 5.41) is 3.47. The van der Waals surface area contributed by atoms with Crippen molar-refractivity contribution < 1.29 is 13.2 Å². The molecule has 31 heavy (non-hydrogen) atoms. The summed E-state index contributed by atoms with van der Waals surface area (Å²) in [6, 6.07) is 19.7. The second-order valence-corrected chi connectivity index (χ2v) is 9.70. The number of nitrogens with zero attached hydrogens (tertiary/aromatic N) is 1. The molecular weight excluding hydrogens is 432 g/mol. The molecule has 0 spiro atoms. The Hall–Kier alpha value is -3.09. The molecule has 0 atom stereocenters. The van der Waals surface area contributed by atoms with Gasteiger partial charge in [0, 0.05) is 22.5 Å². The number of hydrogen-bond acceptors (Lipinski definition) is 4. The molecule has 158 valence electrons. The van der Waals surface area contributed by atoms with Gasteiger partial charge in [0.05, 0.1) is 12.2 Å². The van der Waals surface area contributed by atoms with E-state index in [1.165, 1.54) is 10.5 Å². The zero-order valence-electron chi connectivity index (χ0n) is 17.1. The summed E-state index contributed by atoms with van der Waals surface area (Å²) >= 11 is 6.16. The van der Waals surface area contributed by atoms with Gasteiger partial charge in [-0.25, -0.2) is 8.42 Å². The third-order valence-electron chi connectivity index (χ3n) is 5.20. The fourth-order valence-electron chi connectivity index (χ4n) is 3.38. The van der Waals surface area contributed by atoms with Gasteiger partial charge in [-0.1, -0.05) is 59.6 Å². The minimum Gasteiger partial charge on any atom is -0.360 e. The Morgan fingerprint density at radius 1 is 1.00 bits per heavy atom. The summed E-state index contributed by atoms with van der Waals surface area (Å²) in [6.45, 7) is 3.97. The molecule has 0 aliphatic carbocycles. The summed E-state index contributed by atoms with van der Waals surface area (Å²) in [4.78, 5) is 12.8. The van der Waals surface area contributed by atoms with E-state index in [0.29, 0.717) is 22.0 Å². The molecular formula is C24H21ClN2O3S. The van der Waals surface area contributed by atoms with Crippen LogP contribution in [0, 0.1) is 13.8 Å². The lowest BCUT2D eigenvalue weighted by atomic mass is 10.1. The Kier molecular flexibility index (Phi) is 5.60. The molecule has 0 saturated carbocycles. The van der Waals surface area contributed by atoms with Crippen molar-refractivity contribution in [1.82, 2.24) is 0 Å². The highest BCUT2D eigenvalue weighted by Crippen LogP contribution is 2.36. The smallest absolute Gasteiger partial charge is 0.270 e. The average molecular weight is 453 g/mol. The van der Waals surface area contributed by atoms with E-state index >= 15 is 0 Å². The number of allylic oxidation sites excluding steroid dienone is 1. The van der Waals surface area contributed by atoms with Gasteiger partial charge in [0.15, 0.2) is 4.91 Å². The Morgan fingerprint density at radius 3 is 2.42 bits per heavy atom. The lowest BCUT2D eigenvalue weighted by Gasteiger charge is -2.31. The van der Waals surface area contributed by atoms with E-state index in [-0.39, 0.29) is 11.4 Å². The van der Waals surface area contributed by atoms with Gasteiger partial charge in [0.1, 0.15) is 0 Å². The zero-order valence-corrected chi connectivity index (χ0v) is 18.7. The predicted octanol–water partition coefficient (Wildman–Crippen LogP) is 5.44. The highest BCUT2D eigenvalue weighted by Gasteiger charge is 2.40. The Morgan fingerprint density at radius 2 is 1.71 bits per heavy atom. The minimum absolute atomic E-state index is 0.126. The maximum atomic E-state index is 13.5. The van der Waals surface area contributed by atoms with Crippen LogP contribution in [-0.4, -0.2) is 14.2 Å². The molecule has 5 nitrogen and oxygen atoms in total. The third-order valence-corrected chi connectivity index (χ3v) is 7.37. The van der Waals surface area contributed by atoms with Gasteiger partial charge in [-0.3, -0.25) is 9.10 Å². The third kappa shape index (κ3) is 4.09. The first-order valence-electron chi connectivity index (χ1n) is 9.72. The molecule has 0 saturated heterocycles. The number of sulfonamides is 1. The van der Waals surface area contributed by atoms with Gasteiger partial charge in [-0.05, 0) is 49.2 Å². The first-order valence-corrected chi connectivity index (χ1v) is 11.5. The van der Waals surface area contributed by atoms with Crippen LogP contribution in [-0.2, 0) is 16.6 Å². The van der Waals surface area contributed by atoms with E-state index in [9.17, 15) is 13.2 Å². The summed E-state index contributed by atoms with van der Waals surface area (Å²) in [6.07, 6.45) is 1.25. The van der Waals surface area contributed by atoms with Gasteiger partial charge in [-0.15, -0.1) is 0 Å². The molecule has 1 aliphatic heterocycles. The van der Waals surface area contributed by atoms with Crippen molar-refractivity contribution in [3.8, 4) is 0 Å². The van der Waals surface area contributed by atoms with Crippen LogP contribution in [0.1, 0.15) is 27.0 Å². The van der Waals surface area contributed by atoms with Gasteiger partial charge in [0.25, 0.3) is 10.0 Å².